The number of rotatable bonds is 0. The number of nitrogens with zero attached hydrogens (tertiary/aromatic N) is 1. The fourth-order valence-electron chi connectivity index (χ4n) is 0.966. The molecule has 0 radical (unpaired) electrons. The van der Waals surface area contributed by atoms with Gasteiger partial charge in [-0.05, 0) is 18.9 Å². The lowest BCUT2D eigenvalue weighted by Crippen LogP contribution is -2.10. The van der Waals surface area contributed by atoms with Crippen molar-refractivity contribution in [2.45, 2.75) is 12.8 Å². The summed E-state index contributed by atoms with van der Waals surface area (Å²) in [5, 5.41) is 0. The maximum Gasteiger partial charge on any atom is 0.0261 e. The molecule has 1 aliphatic rings. The van der Waals surface area contributed by atoms with Gasteiger partial charge >= 0.3 is 0 Å². The minimum Gasteiger partial charge on any atom is -0.332 e. The van der Waals surface area contributed by atoms with Crippen molar-refractivity contribution >= 4 is 0 Å². The van der Waals surface area contributed by atoms with Crippen LogP contribution < -0.4 is 0 Å². The van der Waals surface area contributed by atoms with E-state index in [0.29, 0.717) is 0 Å². The molecule has 1 aliphatic heterocycles. The molecule has 0 atom stereocenters. The van der Waals surface area contributed by atoms with Gasteiger partial charge in [-0.2, -0.15) is 0 Å². The summed E-state index contributed by atoms with van der Waals surface area (Å²) in [5.41, 5.74) is 0. The molecule has 1 rings (SSSR count). The molecule has 9 heavy (non-hydrogen) atoms. The highest BCUT2D eigenvalue weighted by Gasteiger charge is 2.05. The molecule has 0 aliphatic carbocycles. The van der Waals surface area contributed by atoms with E-state index in [2.05, 4.69) is 23.4 Å². The Balaban J connectivity index is 2.34. The van der Waals surface area contributed by atoms with Crippen molar-refractivity contribution in [1.82, 2.24) is 4.90 Å². The summed E-state index contributed by atoms with van der Waals surface area (Å²) in [6, 6.07) is 3.00. The molecule has 1 fully saturated rings. The number of hydrogen-bond acceptors (Lipinski definition) is 1. The first-order valence-electron chi connectivity index (χ1n) is 3.30. The highest BCUT2D eigenvalue weighted by Crippen LogP contribution is 2.04. The van der Waals surface area contributed by atoms with Crippen LogP contribution in [-0.2, 0) is 0 Å². The Morgan fingerprint density at radius 3 is 2.56 bits per heavy atom. The minimum absolute atomic E-state index is 1.14. The Morgan fingerprint density at radius 1 is 1.33 bits per heavy atom. The first kappa shape index (κ1) is 6.22. The number of hydrogen-bond donors (Lipinski definition) is 0. The maximum absolute atomic E-state index is 3.52. The van der Waals surface area contributed by atoms with Crippen LogP contribution >= 0.6 is 0 Å². The van der Waals surface area contributed by atoms with E-state index in [1.165, 1.54) is 12.8 Å². The maximum atomic E-state index is 3.52. The van der Waals surface area contributed by atoms with Crippen molar-refractivity contribution in [3.63, 3.8) is 0 Å². The van der Waals surface area contributed by atoms with E-state index in [1.807, 2.05) is 0 Å². The van der Waals surface area contributed by atoms with Crippen LogP contribution in [-0.4, -0.2) is 18.0 Å². The molecule has 0 aromatic heterocycles. The minimum atomic E-state index is 1.14. The van der Waals surface area contributed by atoms with Gasteiger partial charge in [-0.3, -0.25) is 0 Å². The van der Waals surface area contributed by atoms with Gasteiger partial charge in [0.2, 0.25) is 0 Å². The van der Waals surface area contributed by atoms with E-state index in [1.54, 1.807) is 6.08 Å². The third kappa shape index (κ3) is 1.81. The van der Waals surface area contributed by atoms with Crippen LogP contribution in [0.4, 0.5) is 0 Å². The molecule has 0 N–H and O–H groups in total. The van der Waals surface area contributed by atoms with Gasteiger partial charge in [0.15, 0.2) is 0 Å². The quantitative estimate of drug-likeness (QED) is 0.436. The predicted molar refractivity (Wildman–Crippen MR) is 38.8 cm³/mol. The zero-order valence-corrected chi connectivity index (χ0v) is 5.56. The van der Waals surface area contributed by atoms with Crippen molar-refractivity contribution in [2.75, 3.05) is 13.1 Å². The molecule has 1 heterocycles. The third-order valence-electron chi connectivity index (χ3n) is 1.43. The molecule has 1 nitrogen and oxygen atoms in total. The summed E-state index contributed by atoms with van der Waals surface area (Å²) >= 11 is 0. The average Bonchev–Trinajstić information content (AvgIpc) is 2.34. The molecule has 48 valence electrons. The fraction of sp³-hybridized carbons (Fsp3) is 0.500. The zero-order chi connectivity index (χ0) is 6.53. The molecule has 0 aromatic carbocycles. The van der Waals surface area contributed by atoms with Gasteiger partial charge in [-0.1, -0.05) is 12.5 Å². The number of likely N-dealkylation sites (tertiary alicyclic amines) is 1. The summed E-state index contributed by atoms with van der Waals surface area (Å²) in [7, 11) is 0. The summed E-state index contributed by atoms with van der Waals surface area (Å²) in [4.78, 5) is 2.14. The summed E-state index contributed by atoms with van der Waals surface area (Å²) in [6.07, 6.45) is 4.23. The molecule has 0 saturated carbocycles. The second-order valence-electron chi connectivity index (χ2n) is 2.15. The molecule has 1 saturated heterocycles. The molecular weight excluding hydrogens is 110 g/mol. The Hall–Kier alpha value is -0.900. The molecule has 0 bridgehead atoms. The second kappa shape index (κ2) is 3.19. The highest BCUT2D eigenvalue weighted by molar-refractivity contribution is 5.11. The van der Waals surface area contributed by atoms with E-state index < -0.39 is 0 Å². The highest BCUT2D eigenvalue weighted by atomic mass is 15.1. The van der Waals surface area contributed by atoms with Crippen molar-refractivity contribution in [3.8, 4) is 12.0 Å². The fourth-order valence-corrected chi connectivity index (χ4v) is 0.966. The average molecular weight is 121 g/mol. The molecule has 0 aromatic rings. The molecule has 0 unspecified atom stereocenters. The van der Waals surface area contributed by atoms with Gasteiger partial charge in [-0.15, -0.1) is 0 Å². The van der Waals surface area contributed by atoms with Gasteiger partial charge < -0.3 is 4.90 Å². The standard InChI is InChI=1S/C8H11N/c1-2-3-6-9-7-4-5-8-9/h2H,1,4-5,7-8H2. The van der Waals surface area contributed by atoms with Crippen molar-refractivity contribution in [1.29, 1.82) is 0 Å². The van der Waals surface area contributed by atoms with Gasteiger partial charge in [0, 0.05) is 19.1 Å². The Labute approximate surface area is 56.4 Å². The first-order valence-corrected chi connectivity index (χ1v) is 3.30. The Bertz CT molecular complexity index is 144. The lowest BCUT2D eigenvalue weighted by Gasteiger charge is -2.04. The van der Waals surface area contributed by atoms with E-state index in [-0.39, 0.29) is 0 Å². The monoisotopic (exact) mass is 121 g/mol. The van der Waals surface area contributed by atoms with Gasteiger partial charge in [0.05, 0.1) is 0 Å². The Kier molecular flexibility index (Phi) is 2.21. The molecule has 0 spiro atoms. The van der Waals surface area contributed by atoms with E-state index >= 15 is 0 Å². The van der Waals surface area contributed by atoms with Gasteiger partial charge in [0.25, 0.3) is 0 Å². The van der Waals surface area contributed by atoms with Crippen LogP contribution in [0.25, 0.3) is 0 Å². The first-order chi connectivity index (χ1) is 4.43. The van der Waals surface area contributed by atoms with Crippen molar-refractivity contribution < 1.29 is 0 Å². The van der Waals surface area contributed by atoms with Crippen LogP contribution in [0.5, 0.6) is 0 Å². The lowest BCUT2D eigenvalue weighted by molar-refractivity contribution is 0.496. The smallest absolute Gasteiger partial charge is 0.0261 e. The van der Waals surface area contributed by atoms with E-state index in [0.717, 1.165) is 13.1 Å². The SMILES string of the molecule is C=CC#CN1CCCC1. The van der Waals surface area contributed by atoms with Crippen LogP contribution in [0, 0.1) is 12.0 Å². The van der Waals surface area contributed by atoms with Crippen LogP contribution in [0.3, 0.4) is 0 Å². The predicted octanol–water partition coefficient (Wildman–Crippen LogP) is 1.23. The third-order valence-corrected chi connectivity index (χ3v) is 1.43. The van der Waals surface area contributed by atoms with E-state index in [9.17, 15) is 0 Å². The van der Waals surface area contributed by atoms with Crippen molar-refractivity contribution in [3.05, 3.63) is 12.7 Å². The van der Waals surface area contributed by atoms with Crippen LogP contribution in [0.1, 0.15) is 12.8 Å². The van der Waals surface area contributed by atoms with Gasteiger partial charge in [0.1, 0.15) is 0 Å². The van der Waals surface area contributed by atoms with Crippen LogP contribution in [0.15, 0.2) is 12.7 Å². The topological polar surface area (TPSA) is 3.24 Å². The summed E-state index contributed by atoms with van der Waals surface area (Å²) < 4.78 is 0. The van der Waals surface area contributed by atoms with E-state index in [4.69, 9.17) is 0 Å². The molecule has 0 amide bonds. The van der Waals surface area contributed by atoms with Gasteiger partial charge in [-0.25, -0.2) is 0 Å². The summed E-state index contributed by atoms with van der Waals surface area (Å²) in [5.74, 6) is 2.83. The summed E-state index contributed by atoms with van der Waals surface area (Å²) in [6.45, 7) is 5.80. The van der Waals surface area contributed by atoms with Crippen LogP contribution in [0.2, 0.25) is 0 Å². The Morgan fingerprint density at radius 2 is 2.00 bits per heavy atom. The largest absolute Gasteiger partial charge is 0.332 e. The zero-order valence-electron chi connectivity index (χ0n) is 5.56. The van der Waals surface area contributed by atoms with Crippen molar-refractivity contribution in [2.24, 2.45) is 0 Å². The molecular formula is C8H11N. The second-order valence-corrected chi connectivity index (χ2v) is 2.15. The molecule has 1 heteroatoms. The lowest BCUT2D eigenvalue weighted by atomic mass is 10.4. The number of allylic oxidation sites excluding steroid dienone is 1. The normalized spacial score (nSPS) is 16.7.